The third kappa shape index (κ3) is 17.6. The van der Waals surface area contributed by atoms with Gasteiger partial charge in [-0.1, -0.05) is 96.8 Å². The molecular formula is C20H38. The van der Waals surface area contributed by atoms with E-state index in [0.717, 1.165) is 6.42 Å². The van der Waals surface area contributed by atoms with Crippen LogP contribution in [0.3, 0.4) is 0 Å². The van der Waals surface area contributed by atoms with Crippen molar-refractivity contribution in [3.63, 3.8) is 0 Å². The minimum absolute atomic E-state index is 1.11. The van der Waals surface area contributed by atoms with Gasteiger partial charge in [-0.2, -0.15) is 0 Å². The van der Waals surface area contributed by atoms with Gasteiger partial charge in [0.2, 0.25) is 0 Å². The fourth-order valence-electron chi connectivity index (χ4n) is 2.71. The molecule has 0 rings (SSSR count). The van der Waals surface area contributed by atoms with Gasteiger partial charge in [-0.05, 0) is 13.3 Å². The molecule has 0 nitrogen and oxygen atoms in total. The highest BCUT2D eigenvalue weighted by molar-refractivity contribution is 4.94. The molecule has 0 spiro atoms. The van der Waals surface area contributed by atoms with Crippen molar-refractivity contribution in [3.05, 3.63) is 0 Å². The summed E-state index contributed by atoms with van der Waals surface area (Å²) in [5.41, 5.74) is 0. The first kappa shape index (κ1) is 19.6. The SMILES string of the molecule is CC#CCCCCCCCCCCCCCCCCC. The summed E-state index contributed by atoms with van der Waals surface area (Å²) in [7, 11) is 0. The van der Waals surface area contributed by atoms with Crippen molar-refractivity contribution in [3.8, 4) is 11.8 Å². The highest BCUT2D eigenvalue weighted by atomic mass is 14.0. The van der Waals surface area contributed by atoms with Crippen molar-refractivity contribution in [2.75, 3.05) is 0 Å². The summed E-state index contributed by atoms with van der Waals surface area (Å²) >= 11 is 0. The minimum atomic E-state index is 1.11. The van der Waals surface area contributed by atoms with E-state index < -0.39 is 0 Å². The van der Waals surface area contributed by atoms with E-state index in [-0.39, 0.29) is 0 Å². The van der Waals surface area contributed by atoms with E-state index in [0.29, 0.717) is 0 Å². The predicted molar refractivity (Wildman–Crippen MR) is 93.0 cm³/mol. The molecule has 0 heteroatoms. The third-order valence-corrected chi connectivity index (χ3v) is 4.08. The standard InChI is InChI=1S/C20H38/c1-3-5-7-9-11-13-15-17-19-20-18-16-14-12-10-8-6-4-2/h3,5,7-20H2,1-2H3. The average Bonchev–Trinajstić information content (AvgIpc) is 2.47. The molecule has 0 aromatic heterocycles. The largest absolute Gasteiger partial charge is 0.107 e. The van der Waals surface area contributed by atoms with Crippen LogP contribution >= 0.6 is 0 Å². The number of hydrogen-bond donors (Lipinski definition) is 0. The van der Waals surface area contributed by atoms with Crippen LogP contribution in [0.1, 0.15) is 117 Å². The lowest BCUT2D eigenvalue weighted by atomic mass is 10.0. The molecular weight excluding hydrogens is 240 g/mol. The Hall–Kier alpha value is -0.440. The van der Waals surface area contributed by atoms with Crippen LogP contribution in [-0.2, 0) is 0 Å². The highest BCUT2D eigenvalue weighted by Crippen LogP contribution is 2.13. The van der Waals surface area contributed by atoms with Crippen LogP contribution in [0.2, 0.25) is 0 Å². The molecule has 118 valence electrons. The lowest BCUT2D eigenvalue weighted by Gasteiger charge is -2.03. The van der Waals surface area contributed by atoms with Crippen LogP contribution in [0.15, 0.2) is 0 Å². The molecule has 0 heterocycles. The first-order valence-electron chi connectivity index (χ1n) is 9.31. The Morgan fingerprint density at radius 2 is 0.850 bits per heavy atom. The second-order valence-electron chi connectivity index (χ2n) is 6.13. The Morgan fingerprint density at radius 3 is 1.20 bits per heavy atom. The predicted octanol–water partition coefficient (Wildman–Crippen LogP) is 7.27. The Labute approximate surface area is 129 Å². The molecule has 0 aromatic carbocycles. The zero-order valence-electron chi connectivity index (χ0n) is 14.3. The van der Waals surface area contributed by atoms with Crippen molar-refractivity contribution in [1.29, 1.82) is 0 Å². The van der Waals surface area contributed by atoms with Crippen LogP contribution in [0, 0.1) is 11.8 Å². The summed E-state index contributed by atoms with van der Waals surface area (Å²) < 4.78 is 0. The molecule has 0 fully saturated rings. The van der Waals surface area contributed by atoms with E-state index >= 15 is 0 Å². The Morgan fingerprint density at radius 1 is 0.500 bits per heavy atom. The topological polar surface area (TPSA) is 0 Å². The molecule has 0 aliphatic carbocycles. The fraction of sp³-hybridized carbons (Fsp3) is 0.900. The van der Waals surface area contributed by atoms with E-state index in [1.165, 1.54) is 96.3 Å². The van der Waals surface area contributed by atoms with Crippen molar-refractivity contribution < 1.29 is 0 Å². The van der Waals surface area contributed by atoms with Gasteiger partial charge in [-0.25, -0.2) is 0 Å². The van der Waals surface area contributed by atoms with E-state index in [2.05, 4.69) is 18.8 Å². The molecule has 0 radical (unpaired) electrons. The molecule has 0 aliphatic heterocycles. The zero-order chi connectivity index (χ0) is 14.7. The van der Waals surface area contributed by atoms with Gasteiger partial charge in [0.1, 0.15) is 0 Å². The van der Waals surface area contributed by atoms with Gasteiger partial charge in [-0.15, -0.1) is 11.8 Å². The Kier molecular flexibility index (Phi) is 18.2. The van der Waals surface area contributed by atoms with Gasteiger partial charge in [0.15, 0.2) is 0 Å². The summed E-state index contributed by atoms with van der Waals surface area (Å²) in [4.78, 5) is 0. The third-order valence-electron chi connectivity index (χ3n) is 4.08. The molecule has 0 unspecified atom stereocenters. The number of rotatable bonds is 15. The second-order valence-corrected chi connectivity index (χ2v) is 6.13. The molecule has 0 N–H and O–H groups in total. The first-order chi connectivity index (χ1) is 9.91. The summed E-state index contributed by atoms with van der Waals surface area (Å²) in [5, 5.41) is 0. The van der Waals surface area contributed by atoms with E-state index in [9.17, 15) is 0 Å². The van der Waals surface area contributed by atoms with Gasteiger partial charge in [-0.3, -0.25) is 0 Å². The van der Waals surface area contributed by atoms with E-state index in [1.807, 2.05) is 6.92 Å². The fourth-order valence-corrected chi connectivity index (χ4v) is 2.71. The van der Waals surface area contributed by atoms with Crippen LogP contribution in [0.4, 0.5) is 0 Å². The zero-order valence-corrected chi connectivity index (χ0v) is 14.3. The summed E-state index contributed by atoms with van der Waals surface area (Å²) in [6, 6.07) is 0. The summed E-state index contributed by atoms with van der Waals surface area (Å²) in [5.74, 6) is 6.11. The van der Waals surface area contributed by atoms with E-state index in [1.54, 1.807) is 0 Å². The van der Waals surface area contributed by atoms with Crippen molar-refractivity contribution in [1.82, 2.24) is 0 Å². The van der Waals surface area contributed by atoms with Gasteiger partial charge >= 0.3 is 0 Å². The van der Waals surface area contributed by atoms with Crippen LogP contribution < -0.4 is 0 Å². The molecule has 0 amide bonds. The molecule has 0 bridgehead atoms. The Bertz CT molecular complexity index is 218. The number of hydrogen-bond acceptors (Lipinski definition) is 0. The Balaban J connectivity index is 2.93. The molecule has 0 saturated carbocycles. The lowest BCUT2D eigenvalue weighted by molar-refractivity contribution is 0.533. The second kappa shape index (κ2) is 18.6. The maximum absolute atomic E-state index is 3.14. The normalized spacial score (nSPS) is 10.3. The molecule has 0 aliphatic rings. The van der Waals surface area contributed by atoms with Crippen molar-refractivity contribution in [2.24, 2.45) is 0 Å². The smallest absolute Gasteiger partial charge is 0.00885 e. The monoisotopic (exact) mass is 278 g/mol. The minimum Gasteiger partial charge on any atom is -0.107 e. The van der Waals surface area contributed by atoms with Crippen molar-refractivity contribution >= 4 is 0 Å². The summed E-state index contributed by atoms with van der Waals surface area (Å²) in [6.07, 6.45) is 22.7. The molecule has 0 aromatic rings. The first-order valence-corrected chi connectivity index (χ1v) is 9.31. The molecule has 0 saturated heterocycles. The van der Waals surface area contributed by atoms with Gasteiger partial charge in [0.05, 0.1) is 0 Å². The highest BCUT2D eigenvalue weighted by Gasteiger charge is 1.93. The van der Waals surface area contributed by atoms with E-state index in [4.69, 9.17) is 0 Å². The molecule has 20 heavy (non-hydrogen) atoms. The quantitative estimate of drug-likeness (QED) is 0.218. The maximum Gasteiger partial charge on any atom is 0.00885 e. The number of unbranched alkanes of at least 4 members (excludes halogenated alkanes) is 15. The molecule has 0 atom stereocenters. The van der Waals surface area contributed by atoms with Crippen LogP contribution in [-0.4, -0.2) is 0 Å². The maximum atomic E-state index is 3.14. The van der Waals surface area contributed by atoms with Crippen molar-refractivity contribution in [2.45, 2.75) is 117 Å². The van der Waals surface area contributed by atoms with Crippen LogP contribution in [0.25, 0.3) is 0 Å². The van der Waals surface area contributed by atoms with Crippen LogP contribution in [0.5, 0.6) is 0 Å². The van der Waals surface area contributed by atoms with Gasteiger partial charge in [0.25, 0.3) is 0 Å². The summed E-state index contributed by atoms with van der Waals surface area (Å²) in [6.45, 7) is 4.23. The average molecular weight is 279 g/mol. The van der Waals surface area contributed by atoms with Gasteiger partial charge < -0.3 is 0 Å². The lowest BCUT2D eigenvalue weighted by Crippen LogP contribution is -1.83. The van der Waals surface area contributed by atoms with Gasteiger partial charge in [0, 0.05) is 6.42 Å².